The van der Waals surface area contributed by atoms with E-state index in [4.69, 9.17) is 40.1 Å². The monoisotopic (exact) mass is 664 g/mol. The van der Waals surface area contributed by atoms with Gasteiger partial charge in [-0.15, -0.1) is 0 Å². The third-order valence-electron chi connectivity index (χ3n) is 5.24. The first-order valence-corrected chi connectivity index (χ1v) is 13.3. The number of aliphatic hydroxyl groups excluding tert-OH is 5. The number of carbonyl (C=O) groups excluding carboxylic acids is 2. The Kier molecular flexibility index (Phi) is 31.7. The molecule has 0 spiro atoms. The highest BCUT2D eigenvalue weighted by Crippen LogP contribution is 2.19. The normalized spacial score (nSPS) is 9.72. The molecule has 15 nitrogen and oxygen atoms in total. The smallest absolute Gasteiger partial charge is 0.333 e. The molecule has 0 saturated heterocycles. The topological polar surface area (TPSA) is 266 Å². The molecule has 0 aromatic heterocycles. The Morgan fingerprint density at radius 1 is 0.478 bits per heavy atom. The van der Waals surface area contributed by atoms with Gasteiger partial charge in [-0.25, -0.2) is 24.0 Å². The summed E-state index contributed by atoms with van der Waals surface area (Å²) in [5, 5.41) is 68.2. The average molecular weight is 665 g/mol. The molecule has 0 aromatic carbocycles. The van der Waals surface area contributed by atoms with Crippen molar-refractivity contribution >= 4 is 29.8 Å². The lowest BCUT2D eigenvalue weighted by atomic mass is 9.88. The number of aliphatic carboxylic acids is 3. The minimum absolute atomic E-state index is 0.156. The van der Waals surface area contributed by atoms with Crippen molar-refractivity contribution in [3.8, 4) is 0 Å². The number of hydrogen-bond acceptors (Lipinski definition) is 12. The number of carboxylic acid groups (broad SMARTS) is 3. The van der Waals surface area contributed by atoms with E-state index in [1.807, 2.05) is 6.92 Å². The van der Waals surface area contributed by atoms with Crippen LogP contribution in [0.25, 0.3) is 0 Å². The van der Waals surface area contributed by atoms with E-state index in [1.165, 1.54) is 34.6 Å². The first kappa shape index (κ1) is 51.4. The Labute approximate surface area is 270 Å². The summed E-state index contributed by atoms with van der Waals surface area (Å²) in [6.07, 6.45) is 0.594. The lowest BCUT2D eigenvalue weighted by Crippen LogP contribution is -2.41. The largest absolute Gasteiger partial charge is 0.478 e. The molecule has 0 radical (unpaired) electrons. The van der Waals surface area contributed by atoms with Gasteiger partial charge in [0.25, 0.3) is 0 Å². The van der Waals surface area contributed by atoms with E-state index in [0.29, 0.717) is 6.42 Å². The van der Waals surface area contributed by atoms with Crippen molar-refractivity contribution < 1.29 is 74.3 Å². The van der Waals surface area contributed by atoms with Crippen LogP contribution < -0.4 is 0 Å². The van der Waals surface area contributed by atoms with Gasteiger partial charge in [0.1, 0.15) is 13.2 Å². The molecule has 0 unspecified atom stereocenters. The summed E-state index contributed by atoms with van der Waals surface area (Å²) in [5.74, 6) is -4.09. The minimum atomic E-state index is -1.24. The third kappa shape index (κ3) is 28.6. The average Bonchev–Trinajstić information content (AvgIpc) is 2.99. The molecule has 0 heterocycles. The van der Waals surface area contributed by atoms with Gasteiger partial charge in [-0.3, -0.25) is 0 Å². The molecule has 0 aromatic rings. The Bertz CT molecular complexity index is 890. The predicted octanol–water partition coefficient (Wildman–Crippen LogP) is 1.50. The van der Waals surface area contributed by atoms with Crippen LogP contribution in [-0.2, 0) is 33.4 Å². The maximum atomic E-state index is 11.3. The Morgan fingerprint density at radius 3 is 0.761 bits per heavy atom. The highest BCUT2D eigenvalue weighted by atomic mass is 16.6. The van der Waals surface area contributed by atoms with Gasteiger partial charge in [-0.05, 0) is 41.0 Å². The summed E-state index contributed by atoms with van der Waals surface area (Å²) in [6, 6.07) is 0. The second-order valence-electron chi connectivity index (χ2n) is 10.1. The molecule has 266 valence electrons. The predicted molar refractivity (Wildman–Crippen MR) is 169 cm³/mol. The number of carbonyl (C=O) groups is 5. The molecule has 0 aliphatic heterocycles. The zero-order valence-electron chi connectivity index (χ0n) is 27.6. The van der Waals surface area contributed by atoms with Crippen molar-refractivity contribution in [1.29, 1.82) is 0 Å². The van der Waals surface area contributed by atoms with Gasteiger partial charge in [-0.2, -0.15) is 0 Å². The molecule has 0 rings (SSSR count). The summed E-state index contributed by atoms with van der Waals surface area (Å²) in [6.45, 7) is 23.4. The number of hydrogen-bond donors (Lipinski definition) is 8. The first-order valence-electron chi connectivity index (χ1n) is 13.3. The van der Waals surface area contributed by atoms with Gasteiger partial charge in [0.05, 0.1) is 38.4 Å². The number of rotatable bonds is 15. The zero-order chi connectivity index (χ0) is 37.8. The second kappa shape index (κ2) is 28.3. The molecule has 15 heteroatoms. The van der Waals surface area contributed by atoms with Crippen molar-refractivity contribution in [3.05, 3.63) is 60.8 Å². The Morgan fingerprint density at radius 2 is 0.674 bits per heavy atom. The van der Waals surface area contributed by atoms with E-state index in [9.17, 15) is 34.2 Å². The number of esters is 2. The van der Waals surface area contributed by atoms with Crippen LogP contribution >= 0.6 is 0 Å². The van der Waals surface area contributed by atoms with Gasteiger partial charge < -0.3 is 50.3 Å². The van der Waals surface area contributed by atoms with Crippen LogP contribution in [0.2, 0.25) is 0 Å². The van der Waals surface area contributed by atoms with Crippen LogP contribution in [-0.4, -0.2) is 117 Å². The molecule has 0 saturated carbocycles. The lowest BCUT2D eigenvalue weighted by molar-refractivity contribution is -0.154. The van der Waals surface area contributed by atoms with Crippen LogP contribution in [0.5, 0.6) is 0 Å². The van der Waals surface area contributed by atoms with Crippen LogP contribution in [0.15, 0.2) is 60.8 Å². The second-order valence-corrected chi connectivity index (χ2v) is 10.1. The maximum Gasteiger partial charge on any atom is 0.333 e. The Balaban J connectivity index is -0.000000172. The number of carboxylic acids is 3. The summed E-state index contributed by atoms with van der Waals surface area (Å²) >= 11 is 0. The van der Waals surface area contributed by atoms with Crippen LogP contribution in [0.3, 0.4) is 0 Å². The van der Waals surface area contributed by atoms with Gasteiger partial charge in [-0.1, -0.05) is 39.8 Å². The van der Waals surface area contributed by atoms with Crippen LogP contribution in [0.1, 0.15) is 48.0 Å². The summed E-state index contributed by atoms with van der Waals surface area (Å²) < 4.78 is 9.74. The summed E-state index contributed by atoms with van der Waals surface area (Å²) in [5.41, 5.74) is -0.983. The molecule has 46 heavy (non-hydrogen) atoms. The molecule has 0 atom stereocenters. The summed E-state index contributed by atoms with van der Waals surface area (Å²) in [4.78, 5) is 51.3. The molecule has 0 amide bonds. The first-order chi connectivity index (χ1) is 20.9. The van der Waals surface area contributed by atoms with Gasteiger partial charge in [0, 0.05) is 33.3 Å². The summed E-state index contributed by atoms with van der Waals surface area (Å²) in [7, 11) is 0. The molecule has 0 aliphatic carbocycles. The van der Waals surface area contributed by atoms with E-state index in [1.54, 1.807) is 0 Å². The van der Waals surface area contributed by atoms with Gasteiger partial charge >= 0.3 is 29.8 Å². The fourth-order valence-corrected chi connectivity index (χ4v) is 1.44. The molecule has 0 fully saturated rings. The van der Waals surface area contributed by atoms with Crippen LogP contribution in [0.4, 0.5) is 0 Å². The maximum absolute atomic E-state index is 11.3. The third-order valence-corrected chi connectivity index (χ3v) is 5.24. The molecule has 8 N–H and O–H groups in total. The van der Waals surface area contributed by atoms with E-state index in [-0.39, 0.29) is 60.9 Å². The van der Waals surface area contributed by atoms with Crippen molar-refractivity contribution in [1.82, 2.24) is 0 Å². The Hall–Kier alpha value is -4.15. The standard InChI is InChI=1S/C13H20O6.C6H14O3.3C4H6O2/c1-9(2)11(16)18-7-13(5-14,6-15)8-19-12(17)10(3)4;1-2-6(3-7,4-8)5-9;3*1-3(2)4(5)6/h14-15H,1,3,5-8H2,2,4H3;7-9H,2-5H2,1H3;3*1H2,2H3,(H,5,6). The SMILES string of the molecule is C=C(C)C(=O)O.C=C(C)C(=O)O.C=C(C)C(=O)O.C=C(C)C(=O)OCC(CO)(CO)COC(=O)C(=C)C.CCC(CO)(CO)CO. The zero-order valence-corrected chi connectivity index (χ0v) is 27.6. The van der Waals surface area contributed by atoms with Crippen molar-refractivity contribution in [3.63, 3.8) is 0 Å². The van der Waals surface area contributed by atoms with Gasteiger partial charge in [0.2, 0.25) is 0 Å². The van der Waals surface area contributed by atoms with E-state index >= 15 is 0 Å². The quantitative estimate of drug-likeness (QED) is 0.0910. The van der Waals surface area contributed by atoms with E-state index in [0.717, 1.165) is 0 Å². The van der Waals surface area contributed by atoms with Crippen molar-refractivity contribution in [2.24, 2.45) is 10.8 Å². The lowest BCUT2D eigenvalue weighted by Gasteiger charge is -2.28. The van der Waals surface area contributed by atoms with Crippen molar-refractivity contribution in [2.75, 3.05) is 46.2 Å². The molecule has 0 bridgehead atoms. The fourth-order valence-electron chi connectivity index (χ4n) is 1.44. The highest BCUT2D eigenvalue weighted by Gasteiger charge is 2.33. The number of ether oxygens (including phenoxy) is 2. The molecular formula is C31H52O15. The van der Waals surface area contributed by atoms with Crippen LogP contribution in [0, 0.1) is 10.8 Å². The minimum Gasteiger partial charge on any atom is -0.478 e. The number of aliphatic hydroxyl groups is 5. The van der Waals surface area contributed by atoms with Crippen molar-refractivity contribution in [2.45, 2.75) is 48.0 Å². The molecular weight excluding hydrogens is 612 g/mol. The van der Waals surface area contributed by atoms with E-state index in [2.05, 4.69) is 32.9 Å². The molecule has 0 aliphatic rings. The highest BCUT2D eigenvalue weighted by molar-refractivity contribution is 5.87. The van der Waals surface area contributed by atoms with E-state index < -0.39 is 53.9 Å². The fraction of sp³-hybridized carbons (Fsp3) is 0.516. The van der Waals surface area contributed by atoms with Gasteiger partial charge in [0.15, 0.2) is 0 Å².